The molecule has 0 saturated carbocycles. The summed E-state index contributed by atoms with van der Waals surface area (Å²) >= 11 is 0. The first-order chi connectivity index (χ1) is 10.2. The number of aromatic nitrogens is 3. The Bertz CT molecular complexity index is 460. The van der Waals surface area contributed by atoms with Crippen molar-refractivity contribution in [3.63, 3.8) is 0 Å². The fourth-order valence-electron chi connectivity index (χ4n) is 3.08. The molecule has 0 spiro atoms. The zero-order chi connectivity index (χ0) is 15.3. The lowest BCUT2D eigenvalue weighted by atomic mass is 9.86. The molecule has 1 fully saturated rings. The Balaban J connectivity index is 2.07. The van der Waals surface area contributed by atoms with E-state index >= 15 is 0 Å². The summed E-state index contributed by atoms with van der Waals surface area (Å²) in [5.74, 6) is 0.664. The second-order valence-corrected chi connectivity index (χ2v) is 5.81. The van der Waals surface area contributed by atoms with Crippen molar-refractivity contribution < 1.29 is 4.74 Å². The van der Waals surface area contributed by atoms with Crippen LogP contribution in [0.25, 0.3) is 0 Å². The molecular weight excluding hydrogens is 264 g/mol. The van der Waals surface area contributed by atoms with Crippen molar-refractivity contribution in [1.82, 2.24) is 15.2 Å². The van der Waals surface area contributed by atoms with E-state index in [0.29, 0.717) is 12.0 Å². The summed E-state index contributed by atoms with van der Waals surface area (Å²) in [6, 6.07) is 0.373. The first-order valence-corrected chi connectivity index (χ1v) is 8.29. The van der Waals surface area contributed by atoms with Gasteiger partial charge in [-0.05, 0) is 38.5 Å². The number of nitrogens with one attached hydrogen (secondary N) is 1. The van der Waals surface area contributed by atoms with Crippen molar-refractivity contribution in [2.45, 2.75) is 77.9 Å². The average Bonchev–Trinajstić information content (AvgIpc) is 2.54. The van der Waals surface area contributed by atoms with Crippen LogP contribution in [0.15, 0.2) is 0 Å². The van der Waals surface area contributed by atoms with E-state index < -0.39 is 0 Å². The lowest BCUT2D eigenvalue weighted by Gasteiger charge is -2.40. The summed E-state index contributed by atoms with van der Waals surface area (Å²) in [6.45, 7) is 9.42. The van der Waals surface area contributed by atoms with Crippen molar-refractivity contribution in [1.29, 1.82) is 0 Å². The van der Waals surface area contributed by atoms with E-state index in [4.69, 9.17) is 4.74 Å². The van der Waals surface area contributed by atoms with E-state index in [0.717, 1.165) is 56.5 Å². The molecule has 5 heteroatoms. The average molecular weight is 292 g/mol. The smallest absolute Gasteiger partial charge is 0.243 e. The number of aryl methyl sites for hydroxylation is 2. The molecule has 118 valence electrons. The Labute approximate surface area is 127 Å². The number of hydrogen-bond donors (Lipinski definition) is 1. The van der Waals surface area contributed by atoms with Crippen LogP contribution in [0, 0.1) is 0 Å². The monoisotopic (exact) mass is 292 g/mol. The molecule has 1 atom stereocenters. The maximum Gasteiger partial charge on any atom is 0.243 e. The van der Waals surface area contributed by atoms with Gasteiger partial charge in [0.05, 0.1) is 17.0 Å². The van der Waals surface area contributed by atoms with Gasteiger partial charge in [0.1, 0.15) is 0 Å². The molecule has 0 aromatic carbocycles. The lowest BCUT2D eigenvalue weighted by molar-refractivity contribution is -0.0865. The Morgan fingerprint density at radius 3 is 2.43 bits per heavy atom. The highest BCUT2D eigenvalue weighted by Gasteiger charge is 2.34. The molecule has 1 aromatic heterocycles. The second-order valence-electron chi connectivity index (χ2n) is 5.81. The number of rotatable bonds is 6. The molecule has 2 heterocycles. The SMILES string of the molecule is CCc1nnc(NC2CCOC(CC)(CC)C2)nc1CC. The van der Waals surface area contributed by atoms with Crippen LogP contribution in [0.4, 0.5) is 5.95 Å². The maximum atomic E-state index is 6.02. The Morgan fingerprint density at radius 1 is 1.10 bits per heavy atom. The maximum absolute atomic E-state index is 6.02. The standard InChI is InChI=1S/C16H28N4O/c1-5-13-14(6-2)19-20-15(18-13)17-12-9-10-21-16(7-3,8-4)11-12/h12H,5-11H2,1-4H3,(H,17,18,20). The number of hydrogen-bond acceptors (Lipinski definition) is 5. The molecule has 0 radical (unpaired) electrons. The molecular formula is C16H28N4O. The molecule has 0 aliphatic carbocycles. The molecule has 0 amide bonds. The highest BCUT2D eigenvalue weighted by molar-refractivity contribution is 5.27. The lowest BCUT2D eigenvalue weighted by Crippen LogP contribution is -2.44. The molecule has 1 aliphatic heterocycles. The quantitative estimate of drug-likeness (QED) is 0.872. The largest absolute Gasteiger partial charge is 0.375 e. The van der Waals surface area contributed by atoms with Gasteiger partial charge in [0.25, 0.3) is 0 Å². The van der Waals surface area contributed by atoms with Crippen LogP contribution in [0.1, 0.15) is 64.8 Å². The third-order valence-corrected chi connectivity index (χ3v) is 4.62. The van der Waals surface area contributed by atoms with E-state index in [1.807, 2.05) is 0 Å². The van der Waals surface area contributed by atoms with Gasteiger partial charge in [-0.15, -0.1) is 5.10 Å². The van der Waals surface area contributed by atoms with Gasteiger partial charge >= 0.3 is 0 Å². The number of ether oxygens (including phenoxy) is 1. The fourth-order valence-corrected chi connectivity index (χ4v) is 3.08. The van der Waals surface area contributed by atoms with E-state index in [-0.39, 0.29) is 5.60 Å². The Kier molecular flexibility index (Phi) is 5.51. The van der Waals surface area contributed by atoms with Gasteiger partial charge in [-0.2, -0.15) is 5.10 Å². The van der Waals surface area contributed by atoms with E-state index in [9.17, 15) is 0 Å². The zero-order valence-corrected chi connectivity index (χ0v) is 13.8. The summed E-state index contributed by atoms with van der Waals surface area (Å²) in [4.78, 5) is 4.63. The summed E-state index contributed by atoms with van der Waals surface area (Å²) in [5, 5.41) is 12.0. The van der Waals surface area contributed by atoms with Crippen molar-refractivity contribution in [3.8, 4) is 0 Å². The van der Waals surface area contributed by atoms with Crippen LogP contribution >= 0.6 is 0 Å². The molecule has 5 nitrogen and oxygen atoms in total. The van der Waals surface area contributed by atoms with Gasteiger partial charge in [0.15, 0.2) is 0 Å². The van der Waals surface area contributed by atoms with Crippen molar-refractivity contribution >= 4 is 5.95 Å². The van der Waals surface area contributed by atoms with Crippen LogP contribution < -0.4 is 5.32 Å². The Hall–Kier alpha value is -1.23. The first-order valence-electron chi connectivity index (χ1n) is 8.29. The highest BCUT2D eigenvalue weighted by Crippen LogP contribution is 2.32. The zero-order valence-electron chi connectivity index (χ0n) is 13.8. The summed E-state index contributed by atoms with van der Waals surface area (Å²) in [7, 11) is 0. The predicted octanol–water partition coefficient (Wildman–Crippen LogP) is 3.15. The van der Waals surface area contributed by atoms with Gasteiger partial charge < -0.3 is 10.1 Å². The van der Waals surface area contributed by atoms with Gasteiger partial charge in [0, 0.05) is 12.6 Å². The minimum absolute atomic E-state index is 0.0142. The number of nitrogens with zero attached hydrogens (tertiary/aromatic N) is 3. The fraction of sp³-hybridized carbons (Fsp3) is 0.812. The van der Waals surface area contributed by atoms with Gasteiger partial charge in [-0.3, -0.25) is 0 Å². The topological polar surface area (TPSA) is 59.9 Å². The van der Waals surface area contributed by atoms with Crippen LogP contribution in [-0.4, -0.2) is 33.4 Å². The minimum Gasteiger partial charge on any atom is -0.375 e. The van der Waals surface area contributed by atoms with Crippen LogP contribution in [0.5, 0.6) is 0 Å². The molecule has 1 aromatic rings. The van der Waals surface area contributed by atoms with Gasteiger partial charge in [-0.1, -0.05) is 27.7 Å². The van der Waals surface area contributed by atoms with Crippen LogP contribution in [-0.2, 0) is 17.6 Å². The van der Waals surface area contributed by atoms with E-state index in [2.05, 4.69) is 48.2 Å². The highest BCUT2D eigenvalue weighted by atomic mass is 16.5. The van der Waals surface area contributed by atoms with Crippen molar-refractivity contribution in [2.75, 3.05) is 11.9 Å². The van der Waals surface area contributed by atoms with Gasteiger partial charge in [0.2, 0.25) is 5.95 Å². The van der Waals surface area contributed by atoms with Crippen molar-refractivity contribution in [3.05, 3.63) is 11.4 Å². The Morgan fingerprint density at radius 2 is 1.81 bits per heavy atom. The predicted molar refractivity (Wildman–Crippen MR) is 84.5 cm³/mol. The van der Waals surface area contributed by atoms with E-state index in [1.165, 1.54) is 0 Å². The molecule has 1 saturated heterocycles. The third kappa shape index (κ3) is 3.70. The summed E-state index contributed by atoms with van der Waals surface area (Å²) in [5.41, 5.74) is 2.08. The molecule has 1 aliphatic rings. The second kappa shape index (κ2) is 7.16. The molecule has 1 unspecified atom stereocenters. The van der Waals surface area contributed by atoms with Crippen LogP contribution in [0.3, 0.4) is 0 Å². The van der Waals surface area contributed by atoms with Gasteiger partial charge in [-0.25, -0.2) is 4.98 Å². The minimum atomic E-state index is 0.0142. The molecule has 2 rings (SSSR count). The molecule has 21 heavy (non-hydrogen) atoms. The summed E-state index contributed by atoms with van der Waals surface area (Å²) < 4.78 is 6.02. The third-order valence-electron chi connectivity index (χ3n) is 4.62. The van der Waals surface area contributed by atoms with Crippen LogP contribution in [0.2, 0.25) is 0 Å². The summed E-state index contributed by atoms with van der Waals surface area (Å²) in [6.07, 6.45) is 5.90. The molecule has 1 N–H and O–H groups in total. The normalized spacial score (nSPS) is 21.2. The number of anilines is 1. The molecule has 0 bridgehead atoms. The van der Waals surface area contributed by atoms with E-state index in [1.54, 1.807) is 0 Å². The first kappa shape index (κ1) is 16.1. The van der Waals surface area contributed by atoms with Crippen molar-refractivity contribution in [2.24, 2.45) is 0 Å².